The number of fused-ring (bicyclic) bond motifs is 6. The third kappa shape index (κ3) is 8.61. The molecule has 4 aromatic heterocycles. The molecule has 0 atom stereocenters. The number of nitriles is 1. The number of para-hydroxylation sites is 2. The van der Waals surface area contributed by atoms with Gasteiger partial charge in [-0.15, -0.1) is 0 Å². The van der Waals surface area contributed by atoms with E-state index in [1.54, 1.807) is 6.92 Å². The zero-order valence-corrected chi connectivity index (χ0v) is 43.2. The fourth-order valence-corrected chi connectivity index (χ4v) is 11.0. The van der Waals surface area contributed by atoms with Crippen molar-refractivity contribution in [2.45, 2.75) is 13.1 Å². The van der Waals surface area contributed by atoms with Gasteiger partial charge in [-0.05, 0) is 96.4 Å². The normalized spacial score (nSPS) is 11.7. The summed E-state index contributed by atoms with van der Waals surface area (Å²) in [5.74, 6) is 3.10. The predicted octanol–water partition coefficient (Wildman–Crippen LogP) is 17.1. The summed E-state index contributed by atoms with van der Waals surface area (Å²) < 4.78 is 47.0. The maximum atomic E-state index is 14.3. The third-order valence-electron chi connectivity index (χ3n) is 14.8. The lowest BCUT2D eigenvalue weighted by atomic mass is 9.95. The predicted molar refractivity (Wildman–Crippen MR) is 314 cm³/mol. The van der Waals surface area contributed by atoms with Gasteiger partial charge in [0, 0.05) is 54.9 Å². The molecule has 384 valence electrons. The Hall–Kier alpha value is -10.9. The molecule has 0 unspecified atom stereocenters. The molecule has 81 heavy (non-hydrogen) atoms. The summed E-state index contributed by atoms with van der Waals surface area (Å²) in [6.45, 7) is 1.69. The first-order chi connectivity index (χ1) is 39.6. The Morgan fingerprint density at radius 3 is 1.05 bits per heavy atom. The minimum Gasteiger partial charge on any atom is -0.308 e. The van der Waals surface area contributed by atoms with Crippen LogP contribution in [-0.4, -0.2) is 39.0 Å². The van der Waals surface area contributed by atoms with Gasteiger partial charge in [-0.25, -0.2) is 29.9 Å². The second kappa shape index (κ2) is 19.5. The number of hydrogen-bond donors (Lipinski definition) is 0. The molecule has 0 radical (unpaired) electrons. The average Bonchev–Trinajstić information content (AvgIpc) is 4.15. The minimum absolute atomic E-state index is 0.344. The van der Waals surface area contributed by atoms with Crippen LogP contribution in [0.15, 0.2) is 237 Å². The lowest BCUT2D eigenvalue weighted by Gasteiger charge is -2.19. The van der Waals surface area contributed by atoms with Gasteiger partial charge in [0.05, 0.1) is 39.0 Å². The lowest BCUT2D eigenvalue weighted by molar-refractivity contribution is -0.137. The summed E-state index contributed by atoms with van der Waals surface area (Å²) in [5.41, 5.74) is 10.4. The third-order valence-corrected chi connectivity index (χ3v) is 14.8. The highest BCUT2D eigenvalue weighted by molar-refractivity contribution is 6.12. The molecule has 0 amide bonds. The Morgan fingerprint density at radius 1 is 0.346 bits per heavy atom. The molecule has 0 fully saturated rings. The standard InChI is InChI=1S/C69H42F3N9/c1-42-36-50(69(70,71)72)32-33-51(42)49-39-61(80-57-28-16-14-26-52(57)54-37-47(30-34-59(54)80)67-76-63(43-18-6-2-7-19-43)74-64(77-67)44-20-8-3-9-21-44)56(41-73)62(40-49)81-58-29-17-15-27-53(58)55-38-48(31-35-60(55)81)68-78-65(45-22-10-4-11-23-45)75-66(79-68)46-24-12-5-13-25-46/h2-40H,1H3. The van der Waals surface area contributed by atoms with Gasteiger partial charge in [0.25, 0.3) is 0 Å². The van der Waals surface area contributed by atoms with Crippen molar-refractivity contribution in [2.75, 3.05) is 0 Å². The maximum absolute atomic E-state index is 14.3. The molecule has 14 aromatic rings. The van der Waals surface area contributed by atoms with E-state index < -0.39 is 11.7 Å². The van der Waals surface area contributed by atoms with Crippen LogP contribution in [-0.2, 0) is 6.18 Å². The van der Waals surface area contributed by atoms with Crippen LogP contribution in [0.3, 0.4) is 0 Å². The molecular formula is C69H42F3N9. The zero-order valence-electron chi connectivity index (χ0n) is 43.2. The summed E-state index contributed by atoms with van der Waals surface area (Å²) in [6, 6.07) is 77.7. The molecule has 0 saturated carbocycles. The number of aryl methyl sites for hydroxylation is 1. The van der Waals surface area contributed by atoms with E-state index in [2.05, 4.69) is 39.5 Å². The Morgan fingerprint density at radius 2 is 0.691 bits per heavy atom. The van der Waals surface area contributed by atoms with Crippen molar-refractivity contribution >= 4 is 43.6 Å². The first kappa shape index (κ1) is 48.5. The Bertz CT molecular complexity index is 4440. The number of nitrogens with zero attached hydrogens (tertiary/aromatic N) is 9. The van der Waals surface area contributed by atoms with Gasteiger partial charge in [-0.2, -0.15) is 18.4 Å². The molecule has 4 heterocycles. The molecule has 0 aliphatic heterocycles. The topological polar surface area (TPSA) is 111 Å². The Balaban J connectivity index is 0.999. The monoisotopic (exact) mass is 1050 g/mol. The van der Waals surface area contributed by atoms with Crippen molar-refractivity contribution < 1.29 is 13.2 Å². The molecule has 0 N–H and O–H groups in total. The molecular weight excluding hydrogens is 1010 g/mol. The molecule has 12 heteroatoms. The van der Waals surface area contributed by atoms with Gasteiger partial charge in [0.2, 0.25) is 0 Å². The van der Waals surface area contributed by atoms with E-state index in [0.29, 0.717) is 68.6 Å². The first-order valence-corrected chi connectivity index (χ1v) is 26.2. The van der Waals surface area contributed by atoms with Crippen LogP contribution in [0, 0.1) is 18.3 Å². The lowest BCUT2D eigenvalue weighted by Crippen LogP contribution is -2.07. The minimum atomic E-state index is -4.55. The number of aromatic nitrogens is 8. The highest BCUT2D eigenvalue weighted by Gasteiger charge is 2.31. The summed E-state index contributed by atoms with van der Waals surface area (Å²) in [4.78, 5) is 30.0. The second-order valence-corrected chi connectivity index (χ2v) is 19.8. The van der Waals surface area contributed by atoms with E-state index in [1.165, 1.54) is 12.1 Å². The van der Waals surface area contributed by atoms with Crippen molar-refractivity contribution in [1.82, 2.24) is 39.0 Å². The van der Waals surface area contributed by atoms with Gasteiger partial charge >= 0.3 is 6.18 Å². The number of hydrogen-bond acceptors (Lipinski definition) is 7. The van der Waals surface area contributed by atoms with Crippen LogP contribution in [0.1, 0.15) is 16.7 Å². The van der Waals surface area contributed by atoms with Crippen molar-refractivity contribution in [3.63, 3.8) is 0 Å². The van der Waals surface area contributed by atoms with Gasteiger partial charge in [-0.1, -0.05) is 164 Å². The second-order valence-electron chi connectivity index (χ2n) is 19.8. The maximum Gasteiger partial charge on any atom is 0.416 e. The van der Waals surface area contributed by atoms with Crippen molar-refractivity contribution in [2.24, 2.45) is 0 Å². The van der Waals surface area contributed by atoms with Crippen LogP contribution in [0.5, 0.6) is 0 Å². The van der Waals surface area contributed by atoms with E-state index in [0.717, 1.165) is 83.1 Å². The summed E-state index contributed by atoms with van der Waals surface area (Å²) in [7, 11) is 0. The number of halogens is 3. The molecule has 9 nitrogen and oxygen atoms in total. The fraction of sp³-hybridized carbons (Fsp3) is 0.0290. The quantitative estimate of drug-likeness (QED) is 0.142. The van der Waals surface area contributed by atoms with Crippen LogP contribution in [0.2, 0.25) is 0 Å². The number of alkyl halides is 3. The molecule has 0 aliphatic rings. The zero-order chi connectivity index (χ0) is 54.8. The van der Waals surface area contributed by atoms with E-state index in [-0.39, 0.29) is 0 Å². The molecule has 10 aromatic carbocycles. The summed E-state index contributed by atoms with van der Waals surface area (Å²) in [5, 5.41) is 15.3. The largest absolute Gasteiger partial charge is 0.416 e. The highest BCUT2D eigenvalue weighted by atomic mass is 19.4. The summed E-state index contributed by atoms with van der Waals surface area (Å²) >= 11 is 0. The molecule has 0 saturated heterocycles. The fourth-order valence-electron chi connectivity index (χ4n) is 11.0. The van der Waals surface area contributed by atoms with Crippen molar-refractivity contribution in [1.29, 1.82) is 5.26 Å². The van der Waals surface area contributed by atoms with Gasteiger partial charge in [0.15, 0.2) is 34.9 Å². The number of benzene rings is 10. The SMILES string of the molecule is Cc1cc(C(F)(F)F)ccc1-c1cc(-n2c3ccccc3c3cc(-c4nc(-c5ccccc5)nc(-c5ccccc5)n4)ccc32)c(C#N)c(-n2c3ccccc3c3cc(-c4nc(-c5ccccc5)nc(-c5ccccc5)n4)ccc32)c1. The van der Waals surface area contributed by atoms with Crippen LogP contribution in [0.25, 0.3) is 134 Å². The number of rotatable bonds is 9. The van der Waals surface area contributed by atoms with Crippen LogP contribution < -0.4 is 0 Å². The van der Waals surface area contributed by atoms with E-state index in [9.17, 15) is 18.4 Å². The molecule has 0 aliphatic carbocycles. The summed E-state index contributed by atoms with van der Waals surface area (Å²) in [6.07, 6.45) is -4.55. The average molecular weight is 1050 g/mol. The van der Waals surface area contributed by atoms with Gasteiger partial charge in [-0.3, -0.25) is 0 Å². The Labute approximate surface area is 462 Å². The molecule has 14 rings (SSSR count). The van der Waals surface area contributed by atoms with Crippen LogP contribution in [0.4, 0.5) is 13.2 Å². The smallest absolute Gasteiger partial charge is 0.308 e. The van der Waals surface area contributed by atoms with Gasteiger partial charge < -0.3 is 9.13 Å². The van der Waals surface area contributed by atoms with Gasteiger partial charge in [0.1, 0.15) is 11.6 Å². The first-order valence-electron chi connectivity index (χ1n) is 26.2. The van der Waals surface area contributed by atoms with E-state index in [4.69, 9.17) is 29.9 Å². The van der Waals surface area contributed by atoms with E-state index >= 15 is 0 Å². The highest BCUT2D eigenvalue weighted by Crippen LogP contribution is 2.43. The molecule has 0 spiro atoms. The van der Waals surface area contributed by atoms with Crippen molar-refractivity contribution in [3.05, 3.63) is 253 Å². The Kier molecular flexibility index (Phi) is 11.7. The van der Waals surface area contributed by atoms with Crippen LogP contribution >= 0.6 is 0 Å². The van der Waals surface area contributed by atoms with E-state index in [1.807, 2.05) is 194 Å². The molecule has 0 bridgehead atoms. The van der Waals surface area contributed by atoms with Crippen molar-refractivity contribution in [3.8, 4) is 96.9 Å².